The van der Waals surface area contributed by atoms with E-state index >= 15 is 0 Å². The zero-order valence-corrected chi connectivity index (χ0v) is 26.4. The van der Waals surface area contributed by atoms with Gasteiger partial charge in [-0.1, -0.05) is 53.7 Å². The van der Waals surface area contributed by atoms with E-state index in [1.807, 2.05) is 37.8 Å². The number of hydrogen-bond acceptors (Lipinski definition) is 4. The van der Waals surface area contributed by atoms with Gasteiger partial charge in [0, 0.05) is 18.7 Å². The summed E-state index contributed by atoms with van der Waals surface area (Å²) >= 11 is 0. The Bertz CT molecular complexity index is 1140. The lowest BCUT2D eigenvalue weighted by atomic mass is 9.83. The van der Waals surface area contributed by atoms with Gasteiger partial charge in [-0.3, -0.25) is 9.69 Å². The van der Waals surface area contributed by atoms with E-state index in [4.69, 9.17) is 4.43 Å². The molecule has 2 aromatic rings. The fourth-order valence-corrected chi connectivity index (χ4v) is 12.1. The summed E-state index contributed by atoms with van der Waals surface area (Å²) in [6.45, 7) is 20.4. The molecule has 1 saturated heterocycles. The average Bonchev–Trinajstić information content (AvgIpc) is 2.86. The molecular formula is C32H46F3NO3Si. The Morgan fingerprint density at radius 2 is 1.35 bits per heavy atom. The quantitative estimate of drug-likeness (QED) is 0.240. The lowest BCUT2D eigenvalue weighted by Crippen LogP contribution is -2.51. The van der Waals surface area contributed by atoms with Crippen LogP contribution in [-0.4, -0.2) is 43.2 Å². The van der Waals surface area contributed by atoms with Crippen LogP contribution in [0.15, 0.2) is 36.4 Å². The number of nitrogens with zero attached hydrogens (tertiary/aromatic N) is 1. The van der Waals surface area contributed by atoms with Gasteiger partial charge in [0.15, 0.2) is 5.78 Å². The van der Waals surface area contributed by atoms with Gasteiger partial charge in [0.05, 0.1) is 17.2 Å². The summed E-state index contributed by atoms with van der Waals surface area (Å²) < 4.78 is 45.8. The van der Waals surface area contributed by atoms with Crippen LogP contribution in [0.2, 0.25) is 16.6 Å². The van der Waals surface area contributed by atoms with Crippen LogP contribution in [0.3, 0.4) is 0 Å². The van der Waals surface area contributed by atoms with Gasteiger partial charge in [-0.2, -0.15) is 13.2 Å². The molecule has 1 N–H and O–H groups in total. The SMILES string of the molecule is Cc1cc(C(=O)C(C)N2CCC(O)(c3ccc(C(F)(F)F)cc3)CC2)cc(C)c1O[Si](C(C)C)(C(C)C)C(C)C. The summed E-state index contributed by atoms with van der Waals surface area (Å²) in [5.74, 6) is 0.907. The van der Waals surface area contributed by atoms with Crippen LogP contribution < -0.4 is 4.43 Å². The van der Waals surface area contributed by atoms with E-state index in [0.717, 1.165) is 29.0 Å². The van der Waals surface area contributed by atoms with E-state index in [9.17, 15) is 23.1 Å². The molecule has 0 bridgehead atoms. The maximum absolute atomic E-state index is 13.6. The molecule has 0 amide bonds. The Balaban J connectivity index is 1.75. The van der Waals surface area contributed by atoms with Gasteiger partial charge in [-0.15, -0.1) is 0 Å². The standard InChI is InChI=1S/C32H46F3NO3Si/c1-20(2)40(21(3)4,22(5)6)39-30-23(7)18-26(19-24(30)8)29(37)25(9)36-16-14-31(38,15-17-36)27-10-12-28(13-11-27)32(33,34)35/h10-13,18-22,25,38H,14-17H2,1-9H3. The third-order valence-electron chi connectivity index (χ3n) is 9.03. The first kappa shape index (κ1) is 32.4. The zero-order valence-electron chi connectivity index (χ0n) is 25.4. The van der Waals surface area contributed by atoms with Crippen molar-refractivity contribution >= 4 is 14.1 Å². The molecule has 0 radical (unpaired) electrons. The van der Waals surface area contributed by atoms with Gasteiger partial charge in [-0.25, -0.2) is 0 Å². The fraction of sp³-hybridized carbons (Fsp3) is 0.594. The molecule has 2 aromatic carbocycles. The van der Waals surface area contributed by atoms with E-state index in [1.165, 1.54) is 12.1 Å². The number of piperidine rings is 1. The van der Waals surface area contributed by atoms with Crippen LogP contribution in [0.25, 0.3) is 0 Å². The molecule has 40 heavy (non-hydrogen) atoms. The Labute approximate surface area is 239 Å². The largest absolute Gasteiger partial charge is 0.542 e. The molecule has 1 aliphatic rings. The summed E-state index contributed by atoms with van der Waals surface area (Å²) in [7, 11) is -2.15. The van der Waals surface area contributed by atoms with E-state index in [-0.39, 0.29) is 5.78 Å². The number of carbonyl (C=O) groups excluding carboxylic acids is 1. The minimum absolute atomic E-state index is 0.0119. The second kappa shape index (κ2) is 12.0. The van der Waals surface area contributed by atoms with Crippen molar-refractivity contribution in [2.45, 2.75) is 110 Å². The van der Waals surface area contributed by atoms with Gasteiger partial charge in [0.2, 0.25) is 0 Å². The highest BCUT2D eigenvalue weighted by molar-refractivity contribution is 6.78. The first-order valence-electron chi connectivity index (χ1n) is 14.4. The zero-order chi connectivity index (χ0) is 30.2. The number of alkyl halides is 3. The monoisotopic (exact) mass is 577 g/mol. The predicted molar refractivity (Wildman–Crippen MR) is 158 cm³/mol. The maximum atomic E-state index is 13.6. The van der Waals surface area contributed by atoms with Crippen LogP contribution in [0, 0.1) is 13.8 Å². The third kappa shape index (κ3) is 6.34. The van der Waals surface area contributed by atoms with Crippen molar-refractivity contribution in [1.29, 1.82) is 0 Å². The molecule has 8 heteroatoms. The summed E-state index contributed by atoms with van der Waals surface area (Å²) in [5.41, 5.74) is 2.41. The molecule has 1 unspecified atom stereocenters. The number of likely N-dealkylation sites (tertiary alicyclic amines) is 1. The van der Waals surface area contributed by atoms with E-state index in [2.05, 4.69) is 41.5 Å². The van der Waals surface area contributed by atoms with E-state index in [1.54, 1.807) is 0 Å². The Kier molecular flexibility index (Phi) is 9.69. The minimum Gasteiger partial charge on any atom is -0.542 e. The van der Waals surface area contributed by atoms with Crippen LogP contribution >= 0.6 is 0 Å². The van der Waals surface area contributed by atoms with Gasteiger partial charge in [0.25, 0.3) is 8.32 Å². The summed E-state index contributed by atoms with van der Waals surface area (Å²) in [4.78, 5) is 15.6. The highest BCUT2D eigenvalue weighted by atomic mass is 28.4. The lowest BCUT2D eigenvalue weighted by molar-refractivity contribution is -0.137. The topological polar surface area (TPSA) is 49.8 Å². The highest BCUT2D eigenvalue weighted by Crippen LogP contribution is 2.44. The first-order valence-corrected chi connectivity index (χ1v) is 16.6. The number of hydrogen-bond donors (Lipinski definition) is 1. The number of aliphatic hydroxyl groups is 1. The molecule has 4 nitrogen and oxygen atoms in total. The molecule has 0 spiro atoms. The maximum Gasteiger partial charge on any atom is 0.416 e. The van der Waals surface area contributed by atoms with Gasteiger partial charge in [-0.05, 0) is 91.2 Å². The van der Waals surface area contributed by atoms with Crippen molar-refractivity contribution in [2.24, 2.45) is 0 Å². The number of Topliss-reactive ketones (excluding diaryl/α,β-unsaturated/α-hetero) is 1. The Morgan fingerprint density at radius 1 is 0.900 bits per heavy atom. The van der Waals surface area contributed by atoms with Gasteiger partial charge >= 0.3 is 6.18 Å². The fourth-order valence-electron chi connectivity index (χ4n) is 6.73. The van der Waals surface area contributed by atoms with E-state index in [0.29, 0.717) is 53.7 Å². The minimum atomic E-state index is -4.41. The van der Waals surface area contributed by atoms with Crippen molar-refractivity contribution in [3.8, 4) is 5.75 Å². The molecule has 1 fully saturated rings. The second-order valence-corrected chi connectivity index (χ2v) is 17.9. The normalized spacial score (nSPS) is 17.5. The number of carbonyl (C=O) groups is 1. The lowest BCUT2D eigenvalue weighted by Gasteiger charge is -2.43. The third-order valence-corrected chi connectivity index (χ3v) is 15.0. The number of ketones is 1. The Morgan fingerprint density at radius 3 is 1.75 bits per heavy atom. The smallest absolute Gasteiger partial charge is 0.416 e. The highest BCUT2D eigenvalue weighted by Gasteiger charge is 2.47. The summed E-state index contributed by atoms with van der Waals surface area (Å²) in [6, 6.07) is 8.22. The molecule has 0 aliphatic carbocycles. The Hall–Kier alpha value is -2.16. The van der Waals surface area contributed by atoms with Crippen molar-refractivity contribution in [1.82, 2.24) is 4.90 Å². The van der Waals surface area contributed by atoms with Crippen LogP contribution in [0.4, 0.5) is 13.2 Å². The second-order valence-electron chi connectivity index (χ2n) is 12.5. The molecule has 1 atom stereocenters. The summed E-state index contributed by atoms with van der Waals surface area (Å²) in [5, 5.41) is 11.2. The predicted octanol–water partition coefficient (Wildman–Crippen LogP) is 8.43. The van der Waals surface area contributed by atoms with Crippen molar-refractivity contribution in [3.05, 3.63) is 64.2 Å². The van der Waals surface area contributed by atoms with Gasteiger partial charge < -0.3 is 9.53 Å². The van der Waals surface area contributed by atoms with Crippen molar-refractivity contribution in [2.75, 3.05) is 13.1 Å². The van der Waals surface area contributed by atoms with Crippen LogP contribution in [-0.2, 0) is 11.8 Å². The number of benzene rings is 2. The number of aryl methyl sites for hydroxylation is 2. The molecule has 3 rings (SSSR count). The number of rotatable bonds is 9. The molecule has 1 aliphatic heterocycles. The molecule has 0 aromatic heterocycles. The molecule has 222 valence electrons. The average molecular weight is 578 g/mol. The van der Waals surface area contributed by atoms with Crippen LogP contribution in [0.5, 0.6) is 5.75 Å². The van der Waals surface area contributed by atoms with Gasteiger partial charge in [0.1, 0.15) is 5.75 Å². The molecule has 0 saturated carbocycles. The van der Waals surface area contributed by atoms with Crippen LogP contribution in [0.1, 0.15) is 93.9 Å². The van der Waals surface area contributed by atoms with Crippen molar-refractivity contribution in [3.63, 3.8) is 0 Å². The van der Waals surface area contributed by atoms with E-state index < -0.39 is 31.7 Å². The summed E-state index contributed by atoms with van der Waals surface area (Å²) in [6.07, 6.45) is -3.73. The number of halogens is 3. The first-order chi connectivity index (χ1) is 18.4. The van der Waals surface area contributed by atoms with Crippen molar-refractivity contribution < 1.29 is 27.5 Å². The molecular weight excluding hydrogens is 531 g/mol. The molecule has 1 heterocycles.